The highest BCUT2D eigenvalue weighted by Gasteiger charge is 2.31. The van der Waals surface area contributed by atoms with E-state index in [0.717, 1.165) is 10.6 Å². The van der Waals surface area contributed by atoms with Crippen LogP contribution in [0.5, 0.6) is 0 Å². The number of ether oxygens (including phenoxy) is 2. The predicted molar refractivity (Wildman–Crippen MR) is 86.8 cm³/mol. The molecule has 0 bridgehead atoms. The summed E-state index contributed by atoms with van der Waals surface area (Å²) in [5.41, 5.74) is 0. The summed E-state index contributed by atoms with van der Waals surface area (Å²) < 4.78 is 59.9. The molecule has 0 aliphatic rings. The van der Waals surface area contributed by atoms with Gasteiger partial charge in [-0.3, -0.25) is 4.79 Å². The van der Waals surface area contributed by atoms with Gasteiger partial charge in [0.25, 0.3) is 0 Å². The molecule has 0 spiro atoms. The fourth-order valence-electron chi connectivity index (χ4n) is 1.94. The van der Waals surface area contributed by atoms with Crippen LogP contribution in [-0.2, 0) is 34.1 Å². The van der Waals surface area contributed by atoms with Crippen molar-refractivity contribution in [3.63, 3.8) is 0 Å². The zero-order valence-corrected chi connectivity index (χ0v) is 15.4. The second-order valence-corrected chi connectivity index (χ2v) is 8.75. The number of methoxy groups -OCH3 is 1. The minimum atomic E-state index is -4.23. The molecule has 24 heavy (non-hydrogen) atoms. The van der Waals surface area contributed by atoms with Crippen LogP contribution < -0.4 is 0 Å². The van der Waals surface area contributed by atoms with Gasteiger partial charge in [0.05, 0.1) is 18.1 Å². The third-order valence-electron chi connectivity index (χ3n) is 3.02. The molecule has 0 radical (unpaired) electrons. The van der Waals surface area contributed by atoms with E-state index in [0.29, 0.717) is 0 Å². The number of carbonyl (C=O) groups excluding carboxylic acids is 1. The van der Waals surface area contributed by atoms with Gasteiger partial charge in [-0.25, -0.2) is 16.8 Å². The highest BCUT2D eigenvalue weighted by molar-refractivity contribution is 7.93. The summed E-state index contributed by atoms with van der Waals surface area (Å²) in [6.45, 7) is 1.11. The Bertz CT molecular complexity index is 772. The molecule has 0 fully saturated rings. The SMILES string of the molecule is CCOC(=O)CN(CCOC)S(=O)(=O)c1ccccc1S(C)(=O)=O. The van der Waals surface area contributed by atoms with Crippen LogP contribution in [0.2, 0.25) is 0 Å². The number of esters is 1. The van der Waals surface area contributed by atoms with E-state index < -0.39 is 32.4 Å². The smallest absolute Gasteiger partial charge is 0.321 e. The lowest BCUT2D eigenvalue weighted by molar-refractivity contribution is -0.143. The number of hydrogen-bond acceptors (Lipinski definition) is 7. The van der Waals surface area contributed by atoms with Gasteiger partial charge in [-0.15, -0.1) is 0 Å². The van der Waals surface area contributed by atoms with Crippen LogP contribution >= 0.6 is 0 Å². The molecule has 136 valence electrons. The highest BCUT2D eigenvalue weighted by atomic mass is 32.2. The van der Waals surface area contributed by atoms with Crippen LogP contribution in [0.25, 0.3) is 0 Å². The second kappa shape index (κ2) is 8.56. The van der Waals surface area contributed by atoms with Crippen molar-refractivity contribution < 1.29 is 31.1 Å². The van der Waals surface area contributed by atoms with Gasteiger partial charge in [0, 0.05) is 19.9 Å². The molecular weight excluding hydrogens is 358 g/mol. The first-order valence-corrected chi connectivity index (χ1v) is 10.4. The fraction of sp³-hybridized carbons (Fsp3) is 0.500. The summed E-state index contributed by atoms with van der Waals surface area (Å²) in [5, 5.41) is 0. The van der Waals surface area contributed by atoms with E-state index in [2.05, 4.69) is 0 Å². The second-order valence-electron chi connectivity index (χ2n) is 4.86. The van der Waals surface area contributed by atoms with Crippen molar-refractivity contribution in [2.45, 2.75) is 16.7 Å². The Morgan fingerprint density at radius 1 is 1.12 bits per heavy atom. The normalized spacial score (nSPS) is 12.3. The number of hydrogen-bond donors (Lipinski definition) is 0. The molecule has 1 rings (SSSR count). The van der Waals surface area contributed by atoms with Crippen molar-refractivity contribution in [3.05, 3.63) is 24.3 Å². The quantitative estimate of drug-likeness (QED) is 0.568. The largest absolute Gasteiger partial charge is 0.465 e. The van der Waals surface area contributed by atoms with Crippen LogP contribution in [0.15, 0.2) is 34.1 Å². The number of sulfone groups is 1. The summed E-state index contributed by atoms with van der Waals surface area (Å²) in [6.07, 6.45) is 0.923. The molecule has 0 unspecified atom stereocenters. The maximum atomic E-state index is 12.8. The first-order chi connectivity index (χ1) is 11.1. The van der Waals surface area contributed by atoms with Crippen LogP contribution in [0, 0.1) is 0 Å². The molecule has 0 saturated carbocycles. The first kappa shape index (κ1) is 20.6. The van der Waals surface area contributed by atoms with E-state index in [9.17, 15) is 21.6 Å². The van der Waals surface area contributed by atoms with Gasteiger partial charge in [-0.2, -0.15) is 4.31 Å². The summed E-state index contributed by atoms with van der Waals surface area (Å²) in [6, 6.07) is 5.25. The molecule has 1 aromatic carbocycles. The lowest BCUT2D eigenvalue weighted by Crippen LogP contribution is -2.39. The van der Waals surface area contributed by atoms with E-state index in [1.807, 2.05) is 0 Å². The number of rotatable bonds is 9. The van der Waals surface area contributed by atoms with Gasteiger partial charge in [-0.1, -0.05) is 12.1 Å². The zero-order chi connectivity index (χ0) is 18.4. The van der Waals surface area contributed by atoms with Gasteiger partial charge in [0.1, 0.15) is 11.4 Å². The van der Waals surface area contributed by atoms with E-state index >= 15 is 0 Å². The lowest BCUT2D eigenvalue weighted by Gasteiger charge is -2.22. The van der Waals surface area contributed by atoms with Crippen LogP contribution in [0.3, 0.4) is 0 Å². The van der Waals surface area contributed by atoms with E-state index in [1.165, 1.54) is 31.4 Å². The Morgan fingerprint density at radius 3 is 2.21 bits per heavy atom. The van der Waals surface area contributed by atoms with Gasteiger partial charge in [-0.05, 0) is 19.1 Å². The molecule has 8 nitrogen and oxygen atoms in total. The average Bonchev–Trinajstić information content (AvgIpc) is 2.50. The Kier molecular flexibility index (Phi) is 7.33. The predicted octanol–water partition coefficient (Wildman–Crippen LogP) is 0.290. The first-order valence-electron chi connectivity index (χ1n) is 7.08. The average molecular weight is 379 g/mol. The number of benzene rings is 1. The van der Waals surface area contributed by atoms with Crippen LogP contribution in [0.1, 0.15) is 6.92 Å². The summed E-state index contributed by atoms with van der Waals surface area (Å²) in [5.74, 6) is -0.728. The lowest BCUT2D eigenvalue weighted by atomic mass is 10.4. The van der Waals surface area contributed by atoms with Crippen molar-refractivity contribution in [3.8, 4) is 0 Å². The number of carbonyl (C=O) groups is 1. The van der Waals surface area contributed by atoms with Gasteiger partial charge in [0.2, 0.25) is 10.0 Å². The maximum Gasteiger partial charge on any atom is 0.321 e. The third kappa shape index (κ3) is 5.26. The third-order valence-corrected chi connectivity index (χ3v) is 6.21. The van der Waals surface area contributed by atoms with E-state index in [-0.39, 0.29) is 29.5 Å². The van der Waals surface area contributed by atoms with Crippen molar-refractivity contribution in [1.82, 2.24) is 4.31 Å². The molecule has 0 amide bonds. The van der Waals surface area contributed by atoms with Gasteiger partial charge in [0.15, 0.2) is 9.84 Å². The molecule has 0 saturated heterocycles. The minimum absolute atomic E-state index is 0.0413. The molecule has 0 aliphatic heterocycles. The number of sulfonamides is 1. The summed E-state index contributed by atoms with van der Waals surface area (Å²) in [4.78, 5) is 11.0. The Morgan fingerprint density at radius 2 is 1.71 bits per heavy atom. The van der Waals surface area contributed by atoms with Gasteiger partial charge >= 0.3 is 5.97 Å². The van der Waals surface area contributed by atoms with Crippen molar-refractivity contribution >= 4 is 25.8 Å². The molecule has 0 N–H and O–H groups in total. The number of nitrogens with zero attached hydrogens (tertiary/aromatic N) is 1. The van der Waals surface area contributed by atoms with Crippen LogP contribution in [-0.4, -0.2) is 66.8 Å². The highest BCUT2D eigenvalue weighted by Crippen LogP contribution is 2.24. The van der Waals surface area contributed by atoms with Crippen LogP contribution in [0.4, 0.5) is 0 Å². The molecule has 0 atom stereocenters. The van der Waals surface area contributed by atoms with Crippen molar-refractivity contribution in [1.29, 1.82) is 0 Å². The van der Waals surface area contributed by atoms with E-state index in [1.54, 1.807) is 6.92 Å². The molecule has 0 aliphatic carbocycles. The standard InChI is InChI=1S/C14H21NO7S2/c1-4-22-14(16)11-15(9-10-21-2)24(19,20)13-8-6-5-7-12(13)23(3,17)18/h5-8H,4,9-11H2,1-3H3. The minimum Gasteiger partial charge on any atom is -0.465 e. The monoisotopic (exact) mass is 379 g/mol. The van der Waals surface area contributed by atoms with Gasteiger partial charge < -0.3 is 9.47 Å². The zero-order valence-electron chi connectivity index (χ0n) is 13.8. The molecule has 10 heteroatoms. The molecular formula is C14H21NO7S2. The Balaban J connectivity index is 3.33. The molecule has 0 heterocycles. The molecule has 1 aromatic rings. The summed E-state index contributed by atoms with van der Waals surface area (Å²) >= 11 is 0. The maximum absolute atomic E-state index is 12.8. The molecule has 0 aromatic heterocycles. The topological polar surface area (TPSA) is 107 Å². The van der Waals surface area contributed by atoms with E-state index in [4.69, 9.17) is 9.47 Å². The summed E-state index contributed by atoms with van der Waals surface area (Å²) in [7, 11) is -6.60. The Hall–Kier alpha value is -1.49. The Labute approximate surface area is 142 Å². The fourth-order valence-corrected chi connectivity index (χ4v) is 4.91. The van der Waals surface area contributed by atoms with Crippen molar-refractivity contribution in [2.24, 2.45) is 0 Å². The van der Waals surface area contributed by atoms with Crippen molar-refractivity contribution in [2.75, 3.05) is 39.7 Å².